The SMILES string of the molecule is CCC.CCCCNC(=O)c1nccs1. The quantitative estimate of drug-likeness (QED) is 0.805. The van der Waals surface area contributed by atoms with E-state index in [4.69, 9.17) is 0 Å². The molecule has 1 aromatic heterocycles. The fraction of sp³-hybridized carbons (Fsp3) is 0.636. The molecular formula is C11H20N2OS. The van der Waals surface area contributed by atoms with Crippen molar-refractivity contribution < 1.29 is 4.79 Å². The molecule has 0 aliphatic carbocycles. The van der Waals surface area contributed by atoms with Crippen molar-refractivity contribution in [3.05, 3.63) is 16.6 Å². The summed E-state index contributed by atoms with van der Waals surface area (Å²) in [6.45, 7) is 7.09. The van der Waals surface area contributed by atoms with Crippen molar-refractivity contribution in [3.8, 4) is 0 Å². The summed E-state index contributed by atoms with van der Waals surface area (Å²) < 4.78 is 0. The van der Waals surface area contributed by atoms with Gasteiger partial charge in [-0.15, -0.1) is 11.3 Å². The van der Waals surface area contributed by atoms with Gasteiger partial charge in [0, 0.05) is 18.1 Å². The number of rotatable bonds is 4. The van der Waals surface area contributed by atoms with Crippen molar-refractivity contribution in [2.45, 2.75) is 40.0 Å². The fourth-order valence-electron chi connectivity index (χ4n) is 0.790. The minimum Gasteiger partial charge on any atom is -0.350 e. The van der Waals surface area contributed by atoms with Crippen molar-refractivity contribution in [1.82, 2.24) is 10.3 Å². The van der Waals surface area contributed by atoms with E-state index in [0.717, 1.165) is 19.4 Å². The number of hydrogen-bond acceptors (Lipinski definition) is 3. The number of nitrogens with one attached hydrogen (secondary N) is 1. The average Bonchev–Trinajstić information content (AvgIpc) is 2.72. The summed E-state index contributed by atoms with van der Waals surface area (Å²) in [4.78, 5) is 15.1. The molecule has 4 heteroatoms. The summed E-state index contributed by atoms with van der Waals surface area (Å²) in [7, 11) is 0. The summed E-state index contributed by atoms with van der Waals surface area (Å²) in [6.07, 6.45) is 5.01. The molecule has 0 fully saturated rings. The van der Waals surface area contributed by atoms with Crippen LogP contribution in [-0.4, -0.2) is 17.4 Å². The molecule has 3 nitrogen and oxygen atoms in total. The number of thiazole rings is 1. The maximum atomic E-state index is 11.2. The van der Waals surface area contributed by atoms with E-state index in [-0.39, 0.29) is 5.91 Å². The van der Waals surface area contributed by atoms with Crippen LogP contribution in [0.2, 0.25) is 0 Å². The second-order valence-electron chi connectivity index (χ2n) is 3.15. The number of unbranched alkanes of at least 4 members (excludes halogenated alkanes) is 1. The van der Waals surface area contributed by atoms with Crippen molar-refractivity contribution >= 4 is 17.2 Å². The van der Waals surface area contributed by atoms with Crippen LogP contribution in [-0.2, 0) is 0 Å². The van der Waals surface area contributed by atoms with E-state index >= 15 is 0 Å². The number of nitrogens with zero attached hydrogens (tertiary/aromatic N) is 1. The van der Waals surface area contributed by atoms with E-state index in [1.165, 1.54) is 17.8 Å². The highest BCUT2D eigenvalue weighted by atomic mass is 32.1. The van der Waals surface area contributed by atoms with Gasteiger partial charge in [0.15, 0.2) is 5.01 Å². The lowest BCUT2D eigenvalue weighted by Crippen LogP contribution is -2.23. The van der Waals surface area contributed by atoms with Crippen LogP contribution in [0.25, 0.3) is 0 Å². The highest BCUT2D eigenvalue weighted by molar-refractivity contribution is 7.11. The number of carbonyl (C=O) groups is 1. The first kappa shape index (κ1) is 14.1. The van der Waals surface area contributed by atoms with Crippen LogP contribution in [0.1, 0.15) is 49.8 Å². The molecule has 1 aromatic rings. The van der Waals surface area contributed by atoms with Gasteiger partial charge in [0.25, 0.3) is 5.91 Å². The first-order chi connectivity index (χ1) is 7.26. The van der Waals surface area contributed by atoms with Gasteiger partial charge in [0.2, 0.25) is 0 Å². The van der Waals surface area contributed by atoms with Crippen LogP contribution in [0.3, 0.4) is 0 Å². The minimum absolute atomic E-state index is 0.0570. The van der Waals surface area contributed by atoms with Gasteiger partial charge >= 0.3 is 0 Å². The van der Waals surface area contributed by atoms with Gasteiger partial charge in [-0.3, -0.25) is 4.79 Å². The van der Waals surface area contributed by atoms with Gasteiger partial charge in [-0.05, 0) is 6.42 Å². The predicted octanol–water partition coefficient (Wildman–Crippen LogP) is 3.09. The Balaban J connectivity index is 0.000000583. The molecule has 0 aromatic carbocycles. The van der Waals surface area contributed by atoms with Crippen molar-refractivity contribution in [2.75, 3.05) is 6.54 Å². The molecule has 1 amide bonds. The molecule has 1 heterocycles. The molecule has 0 atom stereocenters. The van der Waals surface area contributed by atoms with Gasteiger partial charge < -0.3 is 5.32 Å². The topological polar surface area (TPSA) is 42.0 Å². The molecule has 0 unspecified atom stereocenters. The standard InChI is InChI=1S/C8H12N2OS.C3H8/c1-2-3-4-9-7(11)8-10-5-6-12-8;1-3-2/h5-6H,2-4H2,1H3,(H,9,11);3H2,1-2H3. The number of carbonyl (C=O) groups excluding carboxylic acids is 1. The smallest absolute Gasteiger partial charge is 0.280 e. The van der Waals surface area contributed by atoms with Crippen LogP contribution in [0.15, 0.2) is 11.6 Å². The summed E-state index contributed by atoms with van der Waals surface area (Å²) >= 11 is 1.37. The van der Waals surface area contributed by atoms with Gasteiger partial charge in [-0.2, -0.15) is 0 Å². The van der Waals surface area contributed by atoms with Crippen LogP contribution in [0, 0.1) is 0 Å². The zero-order valence-corrected chi connectivity index (χ0v) is 10.6. The normalized spacial score (nSPS) is 9.00. The highest BCUT2D eigenvalue weighted by Gasteiger charge is 2.05. The molecule has 0 aliphatic heterocycles. The Morgan fingerprint density at radius 2 is 2.13 bits per heavy atom. The number of aromatic nitrogens is 1. The lowest BCUT2D eigenvalue weighted by atomic mass is 10.3. The minimum atomic E-state index is -0.0570. The second-order valence-corrected chi connectivity index (χ2v) is 4.05. The van der Waals surface area contributed by atoms with Crippen molar-refractivity contribution in [3.63, 3.8) is 0 Å². The van der Waals surface area contributed by atoms with Crippen LogP contribution in [0.5, 0.6) is 0 Å². The predicted molar refractivity (Wildman–Crippen MR) is 65.3 cm³/mol. The van der Waals surface area contributed by atoms with Crippen molar-refractivity contribution in [1.29, 1.82) is 0 Å². The molecule has 15 heavy (non-hydrogen) atoms. The van der Waals surface area contributed by atoms with Crippen molar-refractivity contribution in [2.24, 2.45) is 0 Å². The largest absolute Gasteiger partial charge is 0.350 e. The molecular weight excluding hydrogens is 208 g/mol. The Labute approximate surface area is 95.9 Å². The number of hydrogen-bond donors (Lipinski definition) is 1. The molecule has 0 spiro atoms. The molecule has 0 saturated carbocycles. The average molecular weight is 228 g/mol. The zero-order valence-electron chi connectivity index (χ0n) is 9.75. The molecule has 0 saturated heterocycles. The fourth-order valence-corrected chi connectivity index (χ4v) is 1.34. The first-order valence-electron chi connectivity index (χ1n) is 5.43. The molecule has 1 rings (SSSR count). The Hall–Kier alpha value is -0.900. The Bertz CT molecular complexity index is 247. The molecule has 1 N–H and O–H groups in total. The maximum absolute atomic E-state index is 11.2. The summed E-state index contributed by atoms with van der Waals surface area (Å²) in [5, 5.41) is 5.14. The van der Waals surface area contributed by atoms with Gasteiger partial charge in [0.05, 0.1) is 0 Å². The van der Waals surface area contributed by atoms with Gasteiger partial charge in [-0.25, -0.2) is 4.98 Å². The monoisotopic (exact) mass is 228 g/mol. The Kier molecular flexibility index (Phi) is 9.07. The maximum Gasteiger partial charge on any atom is 0.280 e. The first-order valence-corrected chi connectivity index (χ1v) is 6.31. The lowest BCUT2D eigenvalue weighted by molar-refractivity contribution is 0.0953. The Morgan fingerprint density at radius 1 is 1.47 bits per heavy atom. The third kappa shape index (κ3) is 7.08. The lowest BCUT2D eigenvalue weighted by Gasteiger charge is -1.99. The van der Waals surface area contributed by atoms with E-state index in [1.807, 2.05) is 0 Å². The van der Waals surface area contributed by atoms with E-state index < -0.39 is 0 Å². The third-order valence-electron chi connectivity index (χ3n) is 1.44. The van der Waals surface area contributed by atoms with E-state index in [0.29, 0.717) is 5.01 Å². The van der Waals surface area contributed by atoms with Crippen LogP contribution in [0.4, 0.5) is 0 Å². The molecule has 0 radical (unpaired) electrons. The van der Waals surface area contributed by atoms with Crippen LogP contribution >= 0.6 is 11.3 Å². The van der Waals surface area contributed by atoms with E-state index in [1.54, 1.807) is 11.6 Å². The van der Waals surface area contributed by atoms with Gasteiger partial charge in [-0.1, -0.05) is 33.6 Å². The zero-order chi connectivity index (χ0) is 11.5. The summed E-state index contributed by atoms with van der Waals surface area (Å²) in [5.41, 5.74) is 0. The summed E-state index contributed by atoms with van der Waals surface area (Å²) in [5.74, 6) is -0.0570. The second kappa shape index (κ2) is 9.65. The third-order valence-corrected chi connectivity index (χ3v) is 2.21. The Morgan fingerprint density at radius 3 is 2.60 bits per heavy atom. The molecule has 0 bridgehead atoms. The molecule has 86 valence electrons. The van der Waals surface area contributed by atoms with E-state index in [9.17, 15) is 4.79 Å². The highest BCUT2D eigenvalue weighted by Crippen LogP contribution is 2.02. The summed E-state index contributed by atoms with van der Waals surface area (Å²) in [6, 6.07) is 0. The van der Waals surface area contributed by atoms with E-state index in [2.05, 4.69) is 31.1 Å². The molecule has 0 aliphatic rings. The van der Waals surface area contributed by atoms with Crippen LogP contribution < -0.4 is 5.32 Å². The van der Waals surface area contributed by atoms with Gasteiger partial charge in [0.1, 0.15) is 0 Å². The number of amides is 1.